The third-order valence-electron chi connectivity index (χ3n) is 6.42. The molecule has 0 bridgehead atoms. The molecule has 0 aromatic heterocycles. The number of hydrogen-bond acceptors (Lipinski definition) is 18. The number of carbonyl (C=O) groups is 8. The number of nitrogens with one attached hydrogen (secondary N) is 1. The minimum Gasteiger partial charge on any atom is -0.456 e. The summed E-state index contributed by atoms with van der Waals surface area (Å²) in [6.07, 6.45) is -23.0. The molecule has 2 fully saturated rings. The second-order valence-electron chi connectivity index (χ2n) is 10.7. The summed E-state index contributed by atoms with van der Waals surface area (Å²) in [7, 11) is 0. The van der Waals surface area contributed by atoms with Crippen molar-refractivity contribution in [2.75, 3.05) is 13.2 Å². The van der Waals surface area contributed by atoms with Gasteiger partial charge in [0.05, 0.1) is 6.61 Å². The monoisotopic (exact) mass is 731 g/mol. The van der Waals surface area contributed by atoms with Crippen LogP contribution in [0.15, 0.2) is 0 Å². The fraction of sp³-hybridized carbons (Fsp3) is 0.714. The SMILES string of the molecule is CC(=O)O[C@H]1O[C@H](CO[C@@H]2O[C@H](CNC(=O)C(F)(F)F)[C@@H](OC(C)=O)[C@H](OC(C)=O)[C@H]2OC(C)=O)[C@@H](OC(C)=O)[C@H](OC(C)=O)[C@H]1OC(C)=O. The molecule has 0 aliphatic carbocycles. The lowest BCUT2D eigenvalue weighted by molar-refractivity contribution is -0.328. The van der Waals surface area contributed by atoms with Gasteiger partial charge in [0.2, 0.25) is 12.4 Å². The van der Waals surface area contributed by atoms with Gasteiger partial charge in [-0.15, -0.1) is 0 Å². The number of hydrogen-bond donors (Lipinski definition) is 1. The number of halogens is 3. The Morgan fingerprint density at radius 2 is 0.840 bits per heavy atom. The Kier molecular flexibility index (Phi) is 14.9. The number of carbonyl (C=O) groups excluding carboxylic acids is 8. The third-order valence-corrected chi connectivity index (χ3v) is 6.42. The van der Waals surface area contributed by atoms with Crippen LogP contribution in [-0.2, 0) is 85.7 Å². The highest BCUT2D eigenvalue weighted by molar-refractivity contribution is 5.81. The molecule has 2 aliphatic heterocycles. The summed E-state index contributed by atoms with van der Waals surface area (Å²) in [5.41, 5.74) is 0. The molecule has 0 saturated carbocycles. The summed E-state index contributed by atoms with van der Waals surface area (Å²) in [5.74, 6) is -9.39. The molecule has 0 aromatic rings. The molecule has 282 valence electrons. The molecule has 0 unspecified atom stereocenters. The molecule has 0 spiro atoms. The molecule has 0 aromatic carbocycles. The summed E-state index contributed by atoms with van der Waals surface area (Å²) in [6.45, 7) is 4.72. The molecular formula is C28H36F3NO18. The summed E-state index contributed by atoms with van der Waals surface area (Å²) in [4.78, 5) is 95.8. The first-order valence-corrected chi connectivity index (χ1v) is 14.6. The van der Waals surface area contributed by atoms with Crippen LogP contribution in [-0.4, -0.2) is 128 Å². The van der Waals surface area contributed by atoms with Crippen LogP contribution in [0.5, 0.6) is 0 Å². The van der Waals surface area contributed by atoms with Gasteiger partial charge in [0.1, 0.15) is 12.2 Å². The first-order valence-electron chi connectivity index (χ1n) is 14.6. The Bertz CT molecular complexity index is 1310. The third kappa shape index (κ3) is 12.4. The van der Waals surface area contributed by atoms with Gasteiger partial charge >= 0.3 is 53.9 Å². The number of rotatable bonds is 12. The zero-order chi connectivity index (χ0) is 38.1. The lowest BCUT2D eigenvalue weighted by atomic mass is 9.96. The zero-order valence-corrected chi connectivity index (χ0v) is 27.7. The number of alkyl halides is 3. The Morgan fingerprint density at radius 3 is 1.24 bits per heavy atom. The maximum atomic E-state index is 13.0. The molecule has 19 nitrogen and oxygen atoms in total. The van der Waals surface area contributed by atoms with E-state index in [1.165, 1.54) is 0 Å². The average Bonchev–Trinajstić information content (AvgIpc) is 2.94. The van der Waals surface area contributed by atoms with Crippen LogP contribution in [0.3, 0.4) is 0 Å². The van der Waals surface area contributed by atoms with E-state index >= 15 is 0 Å². The molecule has 22 heteroatoms. The van der Waals surface area contributed by atoms with Gasteiger partial charge in [-0.3, -0.25) is 38.4 Å². The first kappa shape index (κ1) is 41.6. The van der Waals surface area contributed by atoms with E-state index in [0.717, 1.165) is 48.5 Å². The van der Waals surface area contributed by atoms with E-state index in [1.54, 1.807) is 5.32 Å². The fourth-order valence-corrected chi connectivity index (χ4v) is 4.88. The molecule has 0 radical (unpaired) electrons. The van der Waals surface area contributed by atoms with Crippen molar-refractivity contribution in [3.8, 4) is 0 Å². The van der Waals surface area contributed by atoms with Crippen LogP contribution >= 0.6 is 0 Å². The molecule has 50 heavy (non-hydrogen) atoms. The van der Waals surface area contributed by atoms with Crippen LogP contribution in [0.2, 0.25) is 0 Å². The Balaban J connectivity index is 2.59. The van der Waals surface area contributed by atoms with E-state index in [1.807, 2.05) is 0 Å². The van der Waals surface area contributed by atoms with Gasteiger partial charge < -0.3 is 52.7 Å². The Hall–Kier alpha value is -4.57. The first-order chi connectivity index (χ1) is 23.1. The van der Waals surface area contributed by atoms with E-state index < -0.39 is 128 Å². The predicted molar refractivity (Wildman–Crippen MR) is 147 cm³/mol. The van der Waals surface area contributed by atoms with Gasteiger partial charge in [-0.05, 0) is 0 Å². The van der Waals surface area contributed by atoms with Crippen LogP contribution in [0, 0.1) is 0 Å². The molecular weight excluding hydrogens is 695 g/mol. The van der Waals surface area contributed by atoms with E-state index in [4.69, 9.17) is 47.4 Å². The van der Waals surface area contributed by atoms with E-state index in [-0.39, 0.29) is 0 Å². The largest absolute Gasteiger partial charge is 0.471 e. The van der Waals surface area contributed by atoms with Crippen molar-refractivity contribution in [2.24, 2.45) is 0 Å². The van der Waals surface area contributed by atoms with Crippen molar-refractivity contribution in [3.05, 3.63) is 0 Å². The number of amides is 1. The van der Waals surface area contributed by atoms with E-state index in [2.05, 4.69) is 0 Å². The fourth-order valence-electron chi connectivity index (χ4n) is 4.88. The van der Waals surface area contributed by atoms with Crippen molar-refractivity contribution in [1.82, 2.24) is 5.32 Å². The molecule has 2 aliphatic rings. The van der Waals surface area contributed by atoms with Crippen molar-refractivity contribution >= 4 is 47.7 Å². The predicted octanol–water partition coefficient (Wildman–Crippen LogP) is -0.715. The highest BCUT2D eigenvalue weighted by Gasteiger charge is 2.56. The van der Waals surface area contributed by atoms with Crippen LogP contribution < -0.4 is 5.32 Å². The van der Waals surface area contributed by atoms with Gasteiger partial charge in [-0.2, -0.15) is 13.2 Å². The lowest BCUT2D eigenvalue weighted by Gasteiger charge is -2.46. The summed E-state index contributed by atoms with van der Waals surface area (Å²) < 4.78 is 92.7. The molecule has 2 saturated heterocycles. The van der Waals surface area contributed by atoms with Gasteiger partial charge in [0.25, 0.3) is 0 Å². The van der Waals surface area contributed by atoms with Crippen molar-refractivity contribution in [3.63, 3.8) is 0 Å². The summed E-state index contributed by atoms with van der Waals surface area (Å²) >= 11 is 0. The molecule has 10 atom stereocenters. The molecule has 1 amide bonds. The summed E-state index contributed by atoms with van der Waals surface area (Å²) in [6, 6.07) is 0. The second-order valence-corrected chi connectivity index (χ2v) is 10.7. The standard InChI is InChI=1S/C28H36F3NO18/c1-10(33)42-19-17(8-32-27(40)28(29,30)31)49-25(23(46-14(5)37)21(19)44-12(3)35)41-9-18-20(43-11(2)34)22(45-13(4)36)24(47-15(6)38)26(50-18)48-16(7)39/h17-26H,8-9H2,1-7H3,(H,32,40)/t17-,18-,19-,20-,21+,22+,23-,24-,25-,26+/m1/s1. The van der Waals surface area contributed by atoms with Crippen molar-refractivity contribution in [1.29, 1.82) is 0 Å². The Morgan fingerprint density at radius 1 is 0.500 bits per heavy atom. The topological polar surface area (TPSA) is 241 Å². The second kappa shape index (κ2) is 17.9. The van der Waals surface area contributed by atoms with Crippen molar-refractivity contribution in [2.45, 2.75) is 116 Å². The highest BCUT2D eigenvalue weighted by Crippen LogP contribution is 2.33. The lowest BCUT2D eigenvalue weighted by Crippen LogP contribution is -2.65. The summed E-state index contributed by atoms with van der Waals surface area (Å²) in [5, 5.41) is 1.54. The van der Waals surface area contributed by atoms with Crippen LogP contribution in [0.4, 0.5) is 13.2 Å². The Labute approximate surface area is 281 Å². The van der Waals surface area contributed by atoms with Crippen molar-refractivity contribution < 1.29 is 98.9 Å². The van der Waals surface area contributed by atoms with Crippen LogP contribution in [0.1, 0.15) is 48.5 Å². The number of ether oxygens (including phenoxy) is 10. The number of esters is 7. The molecule has 2 heterocycles. The quantitative estimate of drug-likeness (QED) is 0.192. The maximum Gasteiger partial charge on any atom is 0.471 e. The maximum absolute atomic E-state index is 13.0. The smallest absolute Gasteiger partial charge is 0.456 e. The van der Waals surface area contributed by atoms with E-state index in [9.17, 15) is 51.5 Å². The van der Waals surface area contributed by atoms with Gasteiger partial charge in [0, 0.05) is 55.0 Å². The highest BCUT2D eigenvalue weighted by atomic mass is 19.4. The molecule has 1 N–H and O–H groups in total. The van der Waals surface area contributed by atoms with Gasteiger partial charge in [0.15, 0.2) is 36.8 Å². The van der Waals surface area contributed by atoms with Gasteiger partial charge in [-0.1, -0.05) is 0 Å². The average molecular weight is 732 g/mol. The molecule has 2 rings (SSSR count). The minimum absolute atomic E-state index is 0.838. The minimum atomic E-state index is -5.35. The van der Waals surface area contributed by atoms with Gasteiger partial charge in [-0.25, -0.2) is 0 Å². The van der Waals surface area contributed by atoms with E-state index in [0.29, 0.717) is 0 Å². The van der Waals surface area contributed by atoms with Crippen LogP contribution in [0.25, 0.3) is 0 Å². The normalized spacial score (nSPS) is 29.3. The zero-order valence-electron chi connectivity index (χ0n) is 27.7.